The second-order valence-electron chi connectivity index (χ2n) is 6.12. The molecule has 1 aliphatic rings. The molecule has 7 nitrogen and oxygen atoms in total. The second kappa shape index (κ2) is 6.77. The summed E-state index contributed by atoms with van der Waals surface area (Å²) in [5, 5.41) is 15.8. The number of carbonyl (C=O) groups excluding carboxylic acids is 2. The Bertz CT molecular complexity index is 865. The number of hydrogen-bond acceptors (Lipinski definition) is 4. The molecule has 1 aromatic carbocycles. The van der Waals surface area contributed by atoms with Gasteiger partial charge in [-0.25, -0.2) is 0 Å². The van der Waals surface area contributed by atoms with Crippen molar-refractivity contribution in [3.8, 4) is 6.07 Å². The van der Waals surface area contributed by atoms with Gasteiger partial charge in [0.05, 0.1) is 25.0 Å². The van der Waals surface area contributed by atoms with Crippen molar-refractivity contribution in [3.05, 3.63) is 47.2 Å². The summed E-state index contributed by atoms with van der Waals surface area (Å²) in [6, 6.07) is 11.0. The number of hydrogen-bond donors (Lipinski definition) is 1. The molecule has 0 bridgehead atoms. The van der Waals surface area contributed by atoms with Crippen molar-refractivity contribution < 1.29 is 9.59 Å². The average Bonchev–Trinajstić information content (AvgIpc) is 2.95. The molecule has 0 aliphatic carbocycles. The number of carbonyl (C=O) groups is 2. The highest BCUT2D eigenvalue weighted by atomic mass is 16.2. The fraction of sp³-hybridized carbons (Fsp3) is 0.333. The molecule has 3 rings (SSSR count). The van der Waals surface area contributed by atoms with Crippen LogP contribution in [-0.4, -0.2) is 40.1 Å². The van der Waals surface area contributed by atoms with E-state index in [0.29, 0.717) is 30.9 Å². The fourth-order valence-corrected chi connectivity index (χ4v) is 3.05. The first-order valence-electron chi connectivity index (χ1n) is 8.08. The van der Waals surface area contributed by atoms with Gasteiger partial charge in [-0.15, -0.1) is 0 Å². The van der Waals surface area contributed by atoms with Crippen LogP contribution in [0.15, 0.2) is 30.3 Å². The van der Waals surface area contributed by atoms with E-state index in [-0.39, 0.29) is 11.8 Å². The summed E-state index contributed by atoms with van der Waals surface area (Å²) in [5.41, 5.74) is 2.18. The number of nitriles is 1. The molecule has 1 aliphatic heterocycles. The van der Waals surface area contributed by atoms with Crippen LogP contribution in [-0.2, 0) is 11.3 Å². The van der Waals surface area contributed by atoms with Gasteiger partial charge in [0.25, 0.3) is 5.91 Å². The lowest BCUT2D eigenvalue weighted by atomic mass is 9.89. The van der Waals surface area contributed by atoms with Crippen LogP contribution < -0.4 is 5.32 Å². The van der Waals surface area contributed by atoms with Crippen molar-refractivity contribution in [3.63, 3.8) is 0 Å². The number of fused-ring (bicyclic) bond motifs is 1. The number of rotatable bonds is 4. The number of nitrogens with zero attached hydrogens (tertiary/aromatic N) is 4. The molecule has 7 heteroatoms. The van der Waals surface area contributed by atoms with Crippen molar-refractivity contribution in [2.24, 2.45) is 0 Å². The third kappa shape index (κ3) is 3.24. The predicted molar refractivity (Wildman–Crippen MR) is 92.0 cm³/mol. The van der Waals surface area contributed by atoms with Gasteiger partial charge >= 0.3 is 0 Å². The molecule has 0 fully saturated rings. The number of aromatic nitrogens is 2. The zero-order chi connectivity index (χ0) is 18.0. The molecule has 25 heavy (non-hydrogen) atoms. The highest BCUT2D eigenvalue weighted by Gasteiger charge is 2.33. The molecular formula is C18H19N5O2. The maximum absolute atomic E-state index is 12.8. The Kier molecular flexibility index (Phi) is 4.52. The van der Waals surface area contributed by atoms with Crippen LogP contribution >= 0.6 is 0 Å². The molecule has 0 radical (unpaired) electrons. The van der Waals surface area contributed by atoms with Crippen molar-refractivity contribution in [1.82, 2.24) is 14.7 Å². The first kappa shape index (κ1) is 16.7. The van der Waals surface area contributed by atoms with Gasteiger partial charge in [-0.3, -0.25) is 14.3 Å². The summed E-state index contributed by atoms with van der Waals surface area (Å²) < 4.78 is 1.70. The van der Waals surface area contributed by atoms with Crippen LogP contribution in [0.3, 0.4) is 0 Å². The molecule has 128 valence electrons. The quantitative estimate of drug-likeness (QED) is 0.922. The van der Waals surface area contributed by atoms with Crippen LogP contribution in [0.1, 0.15) is 34.0 Å². The lowest BCUT2D eigenvalue weighted by molar-refractivity contribution is -0.118. The van der Waals surface area contributed by atoms with E-state index in [9.17, 15) is 9.59 Å². The smallest absolute Gasteiger partial charge is 0.253 e. The number of nitrogens with one attached hydrogen (secondary N) is 1. The Hall–Kier alpha value is -3.14. The van der Waals surface area contributed by atoms with Crippen LogP contribution in [0.4, 0.5) is 5.82 Å². The molecule has 0 spiro atoms. The van der Waals surface area contributed by atoms with Gasteiger partial charge in [-0.05, 0) is 18.6 Å². The van der Waals surface area contributed by atoms with Gasteiger partial charge < -0.3 is 10.2 Å². The molecule has 1 unspecified atom stereocenters. The van der Waals surface area contributed by atoms with E-state index in [2.05, 4.69) is 16.5 Å². The number of benzene rings is 1. The van der Waals surface area contributed by atoms with E-state index in [1.165, 1.54) is 0 Å². The van der Waals surface area contributed by atoms with Gasteiger partial charge in [0.1, 0.15) is 0 Å². The summed E-state index contributed by atoms with van der Waals surface area (Å²) >= 11 is 0. The van der Waals surface area contributed by atoms with Crippen LogP contribution in [0.2, 0.25) is 0 Å². The van der Waals surface area contributed by atoms with Gasteiger partial charge in [0.15, 0.2) is 5.82 Å². The maximum Gasteiger partial charge on any atom is 0.253 e. The van der Waals surface area contributed by atoms with Crippen LogP contribution in [0.25, 0.3) is 0 Å². The lowest BCUT2D eigenvalue weighted by Gasteiger charge is -2.30. The summed E-state index contributed by atoms with van der Waals surface area (Å²) in [6.45, 7) is 2.69. The molecular weight excluding hydrogens is 318 g/mol. The summed E-state index contributed by atoms with van der Waals surface area (Å²) in [4.78, 5) is 26.6. The molecule has 2 amide bonds. The maximum atomic E-state index is 12.8. The highest BCUT2D eigenvalue weighted by Crippen LogP contribution is 2.28. The molecule has 1 aromatic heterocycles. The third-order valence-corrected chi connectivity index (χ3v) is 4.35. The number of aryl methyl sites for hydroxylation is 2. The highest BCUT2D eigenvalue weighted by molar-refractivity contribution is 6.03. The molecule has 0 saturated heterocycles. The third-order valence-electron chi connectivity index (χ3n) is 4.35. The minimum atomic E-state index is -0.441. The number of likely N-dealkylation sites (N-methyl/N-ethyl adjacent to an activating group) is 1. The fourth-order valence-electron chi connectivity index (χ4n) is 3.05. The molecule has 1 atom stereocenters. The van der Waals surface area contributed by atoms with Crippen LogP contribution in [0.5, 0.6) is 0 Å². The van der Waals surface area contributed by atoms with Gasteiger partial charge in [0, 0.05) is 30.9 Å². The second-order valence-corrected chi connectivity index (χ2v) is 6.12. The zero-order valence-corrected chi connectivity index (χ0v) is 14.2. The Morgan fingerprint density at radius 3 is 2.96 bits per heavy atom. The monoisotopic (exact) mass is 337 g/mol. The Morgan fingerprint density at radius 1 is 1.44 bits per heavy atom. The van der Waals surface area contributed by atoms with E-state index in [1.54, 1.807) is 34.8 Å². The largest absolute Gasteiger partial charge is 0.341 e. The Morgan fingerprint density at radius 2 is 2.20 bits per heavy atom. The van der Waals surface area contributed by atoms with Crippen molar-refractivity contribution in [1.29, 1.82) is 5.26 Å². The zero-order valence-electron chi connectivity index (χ0n) is 14.2. The molecule has 2 aromatic rings. The number of anilines is 1. The summed E-state index contributed by atoms with van der Waals surface area (Å²) in [7, 11) is 1.69. The standard InChI is InChI=1S/C18H19N5O2/c1-12-10-16(21-23(12)9-5-8-19)20-17(24)15-11-22(2)18(25)14-7-4-3-6-13(14)15/h3-4,6-7,10,15H,5,9,11H2,1-2H3,(H,20,21,24). The molecule has 2 heterocycles. The molecule has 1 N–H and O–H groups in total. The van der Waals surface area contributed by atoms with Crippen molar-refractivity contribution in [2.45, 2.75) is 25.8 Å². The molecule has 0 saturated carbocycles. The Labute approximate surface area is 145 Å². The van der Waals surface area contributed by atoms with Gasteiger partial charge in [-0.2, -0.15) is 10.4 Å². The minimum absolute atomic E-state index is 0.0729. The first-order valence-corrected chi connectivity index (χ1v) is 8.08. The van der Waals surface area contributed by atoms with Crippen molar-refractivity contribution >= 4 is 17.6 Å². The van der Waals surface area contributed by atoms with E-state index >= 15 is 0 Å². The SMILES string of the molecule is Cc1cc(NC(=O)C2CN(C)C(=O)c3ccccc32)nn1CCC#N. The summed E-state index contributed by atoms with van der Waals surface area (Å²) in [5.74, 6) is -0.256. The first-order chi connectivity index (χ1) is 12.0. The topological polar surface area (TPSA) is 91.0 Å². The van der Waals surface area contributed by atoms with E-state index in [4.69, 9.17) is 5.26 Å². The van der Waals surface area contributed by atoms with Crippen molar-refractivity contribution in [2.75, 3.05) is 18.9 Å². The predicted octanol–water partition coefficient (Wildman–Crippen LogP) is 1.91. The average molecular weight is 337 g/mol. The normalized spacial score (nSPS) is 16.3. The summed E-state index contributed by atoms with van der Waals surface area (Å²) in [6.07, 6.45) is 0.360. The van der Waals surface area contributed by atoms with Gasteiger partial charge in [0.2, 0.25) is 5.91 Å². The Balaban J connectivity index is 1.81. The van der Waals surface area contributed by atoms with E-state index in [0.717, 1.165) is 11.3 Å². The lowest BCUT2D eigenvalue weighted by Crippen LogP contribution is -2.41. The van der Waals surface area contributed by atoms with Crippen LogP contribution in [0, 0.1) is 18.3 Å². The van der Waals surface area contributed by atoms with E-state index in [1.807, 2.05) is 19.1 Å². The minimum Gasteiger partial charge on any atom is -0.341 e. The van der Waals surface area contributed by atoms with E-state index < -0.39 is 5.92 Å². The number of amides is 2. The van der Waals surface area contributed by atoms with Gasteiger partial charge in [-0.1, -0.05) is 18.2 Å².